The molecule has 0 radical (unpaired) electrons. The Kier molecular flexibility index (Phi) is 6.01. The second-order valence-electron chi connectivity index (χ2n) is 6.66. The van der Waals surface area contributed by atoms with E-state index in [2.05, 4.69) is 27.5 Å². The summed E-state index contributed by atoms with van der Waals surface area (Å²) < 4.78 is 6.26. The number of aromatic nitrogens is 1. The lowest BCUT2D eigenvalue weighted by molar-refractivity contribution is -0.132. The van der Waals surface area contributed by atoms with Crippen LogP contribution in [0.2, 0.25) is 0 Å². The fourth-order valence-corrected chi connectivity index (χ4v) is 4.46. The lowest BCUT2D eigenvalue weighted by Gasteiger charge is -2.23. The molecule has 1 N–H and O–H groups in total. The van der Waals surface area contributed by atoms with Crippen molar-refractivity contribution >= 4 is 49.8 Å². The second kappa shape index (κ2) is 8.87. The second-order valence-corrected chi connectivity index (χ2v) is 8.45. The Bertz CT molecular complexity index is 1170. The summed E-state index contributed by atoms with van der Waals surface area (Å²) in [5, 5.41) is 13.2. The molecule has 1 aliphatic heterocycles. The van der Waals surface area contributed by atoms with Gasteiger partial charge in [0.15, 0.2) is 5.13 Å². The molecule has 0 spiro atoms. The lowest BCUT2D eigenvalue weighted by Crippen LogP contribution is -2.29. The topological polar surface area (TPSA) is 79.7 Å². The van der Waals surface area contributed by atoms with Crippen LogP contribution in [0.3, 0.4) is 0 Å². The van der Waals surface area contributed by atoms with E-state index in [4.69, 9.17) is 4.74 Å². The van der Waals surface area contributed by atoms with Gasteiger partial charge in [0.1, 0.15) is 18.1 Å². The number of nitrogens with zero attached hydrogens (tertiary/aromatic N) is 2. The number of halogens is 1. The summed E-state index contributed by atoms with van der Waals surface area (Å²) >= 11 is 4.69. The normalized spacial score (nSPS) is 17.7. The predicted molar refractivity (Wildman–Crippen MR) is 123 cm³/mol. The molecule has 1 aromatic heterocycles. The standard InChI is InChI=1S/C23H17BrN2O4S/c1-2-11-30-17-8-6-14(7-9-17)20(27)18-19(15-4-3-5-16(24)13-15)26(22(29)21(18)28)23-25-10-12-31-23/h2-10,12-13,19,27H,1,11H2/b20-18+/t19-/m0/s1. The monoisotopic (exact) mass is 496 g/mol. The molecule has 1 amide bonds. The van der Waals surface area contributed by atoms with Gasteiger partial charge in [-0.05, 0) is 42.0 Å². The van der Waals surface area contributed by atoms with Gasteiger partial charge in [0, 0.05) is 21.6 Å². The summed E-state index contributed by atoms with van der Waals surface area (Å²) in [6.45, 7) is 3.96. The van der Waals surface area contributed by atoms with E-state index in [1.54, 1.807) is 48.0 Å². The highest BCUT2D eigenvalue weighted by molar-refractivity contribution is 9.10. The molecule has 1 saturated heterocycles. The van der Waals surface area contributed by atoms with Gasteiger partial charge >= 0.3 is 5.91 Å². The van der Waals surface area contributed by atoms with Crippen molar-refractivity contribution in [2.45, 2.75) is 6.04 Å². The van der Waals surface area contributed by atoms with Crippen LogP contribution in [0, 0.1) is 0 Å². The van der Waals surface area contributed by atoms with Crippen molar-refractivity contribution in [1.82, 2.24) is 4.98 Å². The summed E-state index contributed by atoms with van der Waals surface area (Å²) in [6.07, 6.45) is 3.20. The number of amides is 1. The number of ether oxygens (including phenoxy) is 1. The fraction of sp³-hybridized carbons (Fsp3) is 0.0870. The minimum atomic E-state index is -0.805. The van der Waals surface area contributed by atoms with Crippen molar-refractivity contribution in [2.75, 3.05) is 11.5 Å². The van der Waals surface area contributed by atoms with Crippen LogP contribution in [-0.2, 0) is 9.59 Å². The Morgan fingerprint density at radius 1 is 1.26 bits per heavy atom. The molecule has 3 aromatic rings. The molecule has 1 fully saturated rings. The zero-order valence-corrected chi connectivity index (χ0v) is 18.6. The molecule has 6 nitrogen and oxygen atoms in total. The first-order chi connectivity index (χ1) is 15.0. The van der Waals surface area contributed by atoms with Crippen molar-refractivity contribution < 1.29 is 19.4 Å². The van der Waals surface area contributed by atoms with Crippen LogP contribution in [-0.4, -0.2) is 28.4 Å². The molecule has 0 unspecified atom stereocenters. The molecular formula is C23H17BrN2O4S. The van der Waals surface area contributed by atoms with Gasteiger partial charge in [-0.2, -0.15) is 0 Å². The molecule has 1 aliphatic rings. The van der Waals surface area contributed by atoms with E-state index in [-0.39, 0.29) is 11.3 Å². The molecule has 2 aromatic carbocycles. The zero-order chi connectivity index (χ0) is 22.0. The van der Waals surface area contributed by atoms with Crippen molar-refractivity contribution in [3.05, 3.63) is 93.9 Å². The van der Waals surface area contributed by atoms with Gasteiger partial charge in [-0.3, -0.25) is 14.5 Å². The quantitative estimate of drug-likeness (QED) is 0.222. The zero-order valence-electron chi connectivity index (χ0n) is 16.2. The highest BCUT2D eigenvalue weighted by Crippen LogP contribution is 2.43. The van der Waals surface area contributed by atoms with Crippen LogP contribution in [0.25, 0.3) is 5.76 Å². The first kappa shape index (κ1) is 21.0. The van der Waals surface area contributed by atoms with Gasteiger partial charge in [-0.15, -0.1) is 11.3 Å². The van der Waals surface area contributed by atoms with Gasteiger partial charge in [0.2, 0.25) is 0 Å². The Balaban J connectivity index is 1.84. The van der Waals surface area contributed by atoms with Crippen molar-refractivity contribution in [3.63, 3.8) is 0 Å². The third kappa shape index (κ3) is 4.04. The largest absolute Gasteiger partial charge is 0.507 e. The number of hydrogen-bond donors (Lipinski definition) is 1. The highest BCUT2D eigenvalue weighted by Gasteiger charge is 2.48. The van der Waals surface area contributed by atoms with Crippen LogP contribution in [0.15, 0.2) is 82.8 Å². The SMILES string of the molecule is C=CCOc1ccc(/C(O)=C2\C(=O)C(=O)N(c3nccs3)[C@H]2c2cccc(Br)c2)cc1. The minimum Gasteiger partial charge on any atom is -0.507 e. The number of aliphatic hydroxyl groups is 1. The average molecular weight is 497 g/mol. The summed E-state index contributed by atoms with van der Waals surface area (Å²) in [4.78, 5) is 31.5. The Morgan fingerprint density at radius 3 is 2.68 bits per heavy atom. The third-order valence-corrected chi connectivity index (χ3v) is 5.99. The van der Waals surface area contributed by atoms with Gasteiger partial charge in [-0.1, -0.05) is 40.7 Å². The van der Waals surface area contributed by atoms with E-state index in [1.165, 1.54) is 16.2 Å². The Hall–Kier alpha value is -3.23. The summed E-state index contributed by atoms with van der Waals surface area (Å²) in [6, 6.07) is 13.1. The molecule has 8 heteroatoms. The van der Waals surface area contributed by atoms with Crippen LogP contribution < -0.4 is 9.64 Å². The molecule has 4 rings (SSSR count). The molecular weight excluding hydrogens is 480 g/mol. The van der Waals surface area contributed by atoms with E-state index >= 15 is 0 Å². The van der Waals surface area contributed by atoms with Gasteiger partial charge in [0.05, 0.1) is 11.6 Å². The maximum absolute atomic E-state index is 13.0. The summed E-state index contributed by atoms with van der Waals surface area (Å²) in [5.41, 5.74) is 1.09. The average Bonchev–Trinajstić information content (AvgIpc) is 3.39. The van der Waals surface area contributed by atoms with Gasteiger partial charge in [-0.25, -0.2) is 4.98 Å². The molecule has 156 valence electrons. The number of rotatable bonds is 6. The molecule has 0 aliphatic carbocycles. The number of ketones is 1. The maximum atomic E-state index is 13.0. The predicted octanol–water partition coefficient (Wildman–Crippen LogP) is 5.10. The number of thiazole rings is 1. The van der Waals surface area contributed by atoms with E-state index in [0.717, 1.165) is 4.47 Å². The number of hydrogen-bond acceptors (Lipinski definition) is 6. The number of anilines is 1. The van der Waals surface area contributed by atoms with Crippen LogP contribution in [0.5, 0.6) is 5.75 Å². The van der Waals surface area contributed by atoms with Gasteiger partial charge in [0.25, 0.3) is 5.78 Å². The van der Waals surface area contributed by atoms with Crippen LogP contribution >= 0.6 is 27.3 Å². The minimum absolute atomic E-state index is 0.0121. The lowest BCUT2D eigenvalue weighted by atomic mass is 9.95. The number of aliphatic hydroxyl groups excluding tert-OH is 1. The first-order valence-corrected chi connectivity index (χ1v) is 11.0. The van der Waals surface area contributed by atoms with Crippen LogP contribution in [0.4, 0.5) is 5.13 Å². The fourth-order valence-electron chi connectivity index (χ4n) is 3.38. The molecule has 31 heavy (non-hydrogen) atoms. The number of carbonyl (C=O) groups excluding carboxylic acids is 2. The van der Waals surface area contributed by atoms with Crippen molar-refractivity contribution in [1.29, 1.82) is 0 Å². The van der Waals surface area contributed by atoms with E-state index in [9.17, 15) is 14.7 Å². The molecule has 0 saturated carbocycles. The highest BCUT2D eigenvalue weighted by atomic mass is 79.9. The molecule has 0 bridgehead atoms. The first-order valence-electron chi connectivity index (χ1n) is 9.31. The summed E-state index contributed by atoms with van der Waals surface area (Å²) in [7, 11) is 0. The van der Waals surface area contributed by atoms with Crippen molar-refractivity contribution in [2.24, 2.45) is 0 Å². The molecule has 1 atom stereocenters. The van der Waals surface area contributed by atoms with Gasteiger partial charge < -0.3 is 9.84 Å². The van der Waals surface area contributed by atoms with Crippen LogP contribution in [0.1, 0.15) is 17.2 Å². The number of Topliss-reactive ketones (excluding diaryl/α,β-unsaturated/α-hetero) is 1. The number of carbonyl (C=O) groups is 2. The smallest absolute Gasteiger partial charge is 0.301 e. The summed E-state index contributed by atoms with van der Waals surface area (Å²) in [5.74, 6) is -1.14. The Morgan fingerprint density at radius 2 is 2.03 bits per heavy atom. The third-order valence-electron chi connectivity index (χ3n) is 4.73. The van der Waals surface area contributed by atoms with E-state index in [1.807, 2.05) is 18.2 Å². The van der Waals surface area contributed by atoms with E-state index in [0.29, 0.717) is 28.6 Å². The van der Waals surface area contributed by atoms with Crippen molar-refractivity contribution in [3.8, 4) is 5.75 Å². The maximum Gasteiger partial charge on any atom is 0.301 e. The number of benzene rings is 2. The Labute approximate surface area is 191 Å². The molecule has 2 heterocycles. The van der Waals surface area contributed by atoms with E-state index < -0.39 is 17.7 Å².